The molecule has 3 aromatic rings. The summed E-state index contributed by atoms with van der Waals surface area (Å²) in [6.07, 6.45) is 4.56. The molecule has 134 valence electrons. The van der Waals surface area contributed by atoms with Crippen molar-refractivity contribution in [2.75, 3.05) is 6.79 Å². The van der Waals surface area contributed by atoms with Gasteiger partial charge in [-0.1, -0.05) is 34.6 Å². The summed E-state index contributed by atoms with van der Waals surface area (Å²) >= 11 is 5.28. The van der Waals surface area contributed by atoms with Crippen LogP contribution in [-0.2, 0) is 12.3 Å². The van der Waals surface area contributed by atoms with E-state index in [0.717, 1.165) is 56.8 Å². The monoisotopic (exact) mass is 432 g/mol. The first kappa shape index (κ1) is 17.4. The van der Waals surface area contributed by atoms with Crippen LogP contribution in [0.1, 0.15) is 18.9 Å². The molecule has 1 aliphatic rings. The fourth-order valence-electron chi connectivity index (χ4n) is 2.75. The second-order valence-corrected chi connectivity index (χ2v) is 7.58. The van der Waals surface area contributed by atoms with E-state index in [1.54, 1.807) is 24.2 Å². The van der Waals surface area contributed by atoms with E-state index in [9.17, 15) is 0 Å². The lowest BCUT2D eigenvalue weighted by Crippen LogP contribution is -2.02. The summed E-state index contributed by atoms with van der Waals surface area (Å²) in [5.41, 5.74) is 2.16. The second kappa shape index (κ2) is 7.67. The van der Waals surface area contributed by atoms with Crippen LogP contribution in [0.15, 0.2) is 46.3 Å². The SMILES string of the molecule is CCCn1c(SCc2cc3c(cc2Br)OCO3)nnc1-c1ccncc1. The molecule has 0 saturated heterocycles. The van der Waals surface area contributed by atoms with Crippen LogP contribution in [0.4, 0.5) is 0 Å². The smallest absolute Gasteiger partial charge is 0.231 e. The summed E-state index contributed by atoms with van der Waals surface area (Å²) in [6, 6.07) is 7.89. The average molecular weight is 433 g/mol. The average Bonchev–Trinajstić information content (AvgIpc) is 3.27. The third kappa shape index (κ3) is 3.43. The van der Waals surface area contributed by atoms with Crippen molar-refractivity contribution in [3.8, 4) is 22.9 Å². The molecule has 0 saturated carbocycles. The van der Waals surface area contributed by atoms with Gasteiger partial charge in [0.2, 0.25) is 6.79 Å². The van der Waals surface area contributed by atoms with Gasteiger partial charge < -0.3 is 14.0 Å². The van der Waals surface area contributed by atoms with E-state index in [1.165, 1.54) is 0 Å². The van der Waals surface area contributed by atoms with Gasteiger partial charge in [0.1, 0.15) is 0 Å². The van der Waals surface area contributed by atoms with Crippen LogP contribution in [0.25, 0.3) is 11.4 Å². The van der Waals surface area contributed by atoms with Crippen molar-refractivity contribution in [1.82, 2.24) is 19.7 Å². The minimum Gasteiger partial charge on any atom is -0.454 e. The highest BCUT2D eigenvalue weighted by Gasteiger charge is 2.18. The van der Waals surface area contributed by atoms with Crippen molar-refractivity contribution in [3.05, 3.63) is 46.7 Å². The van der Waals surface area contributed by atoms with Gasteiger partial charge in [0.05, 0.1) is 0 Å². The molecule has 0 radical (unpaired) electrons. The molecule has 0 spiro atoms. The Balaban J connectivity index is 1.58. The van der Waals surface area contributed by atoms with Crippen molar-refractivity contribution in [2.24, 2.45) is 0 Å². The van der Waals surface area contributed by atoms with Gasteiger partial charge in [-0.3, -0.25) is 4.98 Å². The van der Waals surface area contributed by atoms with Crippen LogP contribution < -0.4 is 9.47 Å². The second-order valence-electron chi connectivity index (χ2n) is 5.78. The molecule has 0 aliphatic carbocycles. The molecule has 0 atom stereocenters. The third-order valence-electron chi connectivity index (χ3n) is 4.00. The first-order valence-corrected chi connectivity index (χ1v) is 10.1. The Morgan fingerprint density at radius 3 is 2.69 bits per heavy atom. The zero-order valence-corrected chi connectivity index (χ0v) is 16.6. The Kier molecular flexibility index (Phi) is 5.12. The summed E-state index contributed by atoms with van der Waals surface area (Å²) < 4.78 is 14.1. The van der Waals surface area contributed by atoms with Gasteiger partial charge in [0.25, 0.3) is 0 Å². The zero-order chi connectivity index (χ0) is 17.9. The molecule has 6 nitrogen and oxygen atoms in total. The van der Waals surface area contributed by atoms with Gasteiger partial charge in [0, 0.05) is 34.7 Å². The normalized spacial score (nSPS) is 12.5. The Labute approximate surface area is 164 Å². The van der Waals surface area contributed by atoms with Crippen molar-refractivity contribution in [3.63, 3.8) is 0 Å². The quantitative estimate of drug-likeness (QED) is 0.533. The molecule has 2 aromatic heterocycles. The van der Waals surface area contributed by atoms with Crippen LogP contribution in [0.3, 0.4) is 0 Å². The Bertz CT molecular complexity index is 917. The van der Waals surface area contributed by atoms with E-state index in [1.807, 2.05) is 24.3 Å². The van der Waals surface area contributed by atoms with Crippen LogP contribution >= 0.6 is 27.7 Å². The van der Waals surface area contributed by atoms with Crippen LogP contribution in [0, 0.1) is 0 Å². The highest BCUT2D eigenvalue weighted by atomic mass is 79.9. The van der Waals surface area contributed by atoms with Crippen molar-refractivity contribution in [1.29, 1.82) is 0 Å². The number of thioether (sulfide) groups is 1. The van der Waals surface area contributed by atoms with E-state index < -0.39 is 0 Å². The number of rotatable bonds is 6. The van der Waals surface area contributed by atoms with Crippen LogP contribution in [0.2, 0.25) is 0 Å². The summed E-state index contributed by atoms with van der Waals surface area (Å²) in [5, 5.41) is 9.72. The molecule has 0 N–H and O–H groups in total. The molecule has 26 heavy (non-hydrogen) atoms. The Hall–Kier alpha value is -2.06. The first-order chi connectivity index (χ1) is 12.8. The number of benzene rings is 1. The number of ether oxygens (including phenoxy) is 2. The predicted octanol–water partition coefficient (Wildman–Crippen LogP) is 4.53. The summed E-state index contributed by atoms with van der Waals surface area (Å²) in [4.78, 5) is 4.08. The predicted molar refractivity (Wildman–Crippen MR) is 103 cm³/mol. The summed E-state index contributed by atoms with van der Waals surface area (Å²) in [7, 11) is 0. The Morgan fingerprint density at radius 1 is 1.15 bits per heavy atom. The number of pyridine rings is 1. The van der Waals surface area contributed by atoms with Crippen molar-refractivity contribution >= 4 is 27.7 Å². The Morgan fingerprint density at radius 2 is 1.92 bits per heavy atom. The standard InChI is InChI=1S/C18H17BrN4O2S/c1-2-7-23-17(12-3-5-20-6-4-12)21-22-18(23)26-10-13-8-15-16(9-14(13)19)25-11-24-15/h3-6,8-9H,2,7,10-11H2,1H3. The maximum Gasteiger partial charge on any atom is 0.231 e. The van der Waals surface area contributed by atoms with Gasteiger partial charge in [-0.05, 0) is 36.2 Å². The topological polar surface area (TPSA) is 62.1 Å². The number of fused-ring (bicyclic) bond motifs is 1. The lowest BCUT2D eigenvalue weighted by molar-refractivity contribution is 0.174. The van der Waals surface area contributed by atoms with Crippen LogP contribution in [0.5, 0.6) is 11.5 Å². The highest BCUT2D eigenvalue weighted by Crippen LogP contribution is 2.39. The van der Waals surface area contributed by atoms with E-state index >= 15 is 0 Å². The van der Waals surface area contributed by atoms with Gasteiger partial charge in [-0.25, -0.2) is 0 Å². The highest BCUT2D eigenvalue weighted by molar-refractivity contribution is 9.10. The van der Waals surface area contributed by atoms with E-state index in [2.05, 4.69) is 42.6 Å². The van der Waals surface area contributed by atoms with Gasteiger partial charge in [0.15, 0.2) is 22.5 Å². The lowest BCUT2D eigenvalue weighted by atomic mass is 10.2. The molecule has 0 fully saturated rings. The minimum atomic E-state index is 0.276. The minimum absolute atomic E-state index is 0.276. The number of hydrogen-bond acceptors (Lipinski definition) is 6. The fourth-order valence-corrected chi connectivity index (χ4v) is 4.35. The lowest BCUT2D eigenvalue weighted by Gasteiger charge is -2.10. The van der Waals surface area contributed by atoms with Crippen molar-refractivity contribution < 1.29 is 9.47 Å². The molecule has 0 bridgehead atoms. The van der Waals surface area contributed by atoms with Crippen molar-refractivity contribution in [2.45, 2.75) is 30.8 Å². The molecule has 1 aliphatic heterocycles. The van der Waals surface area contributed by atoms with Gasteiger partial charge in [-0.15, -0.1) is 10.2 Å². The van der Waals surface area contributed by atoms with Crippen LogP contribution in [-0.4, -0.2) is 26.5 Å². The molecule has 3 heterocycles. The van der Waals surface area contributed by atoms with E-state index in [0.29, 0.717) is 0 Å². The molecule has 0 unspecified atom stereocenters. The van der Waals surface area contributed by atoms with E-state index in [4.69, 9.17) is 9.47 Å². The first-order valence-electron chi connectivity index (χ1n) is 8.30. The molecular formula is C18H17BrN4O2S. The molecule has 4 rings (SSSR count). The third-order valence-corrected chi connectivity index (χ3v) is 5.75. The van der Waals surface area contributed by atoms with E-state index in [-0.39, 0.29) is 6.79 Å². The fraction of sp³-hybridized carbons (Fsp3) is 0.278. The number of nitrogens with zero attached hydrogens (tertiary/aromatic N) is 4. The molecule has 1 aromatic carbocycles. The number of hydrogen-bond donors (Lipinski definition) is 0. The number of aromatic nitrogens is 4. The maximum absolute atomic E-state index is 5.48. The maximum atomic E-state index is 5.48. The summed E-state index contributed by atoms with van der Waals surface area (Å²) in [5.74, 6) is 3.20. The molecular weight excluding hydrogens is 416 g/mol. The summed E-state index contributed by atoms with van der Waals surface area (Å²) in [6.45, 7) is 3.30. The molecule has 8 heteroatoms. The number of halogens is 1. The largest absolute Gasteiger partial charge is 0.454 e. The zero-order valence-electron chi connectivity index (χ0n) is 14.2. The van der Waals surface area contributed by atoms with Gasteiger partial charge >= 0.3 is 0 Å². The molecule has 0 amide bonds. The van der Waals surface area contributed by atoms with Gasteiger partial charge in [-0.2, -0.15) is 0 Å².